The van der Waals surface area contributed by atoms with Crippen molar-refractivity contribution in [1.29, 1.82) is 0 Å². The van der Waals surface area contributed by atoms with E-state index in [-0.39, 0.29) is 17.6 Å². The molecule has 1 aromatic heterocycles. The van der Waals surface area contributed by atoms with Crippen LogP contribution >= 0.6 is 0 Å². The first-order chi connectivity index (χ1) is 9.12. The highest BCUT2D eigenvalue weighted by atomic mass is 16.5. The van der Waals surface area contributed by atoms with Crippen molar-refractivity contribution in [3.8, 4) is 0 Å². The first kappa shape index (κ1) is 12.4. The Hall–Kier alpha value is -1.62. The highest BCUT2D eigenvalue weighted by Gasteiger charge is 2.59. The molecule has 1 N–H and O–H groups in total. The zero-order valence-electron chi connectivity index (χ0n) is 11.3. The van der Waals surface area contributed by atoms with E-state index in [9.17, 15) is 4.79 Å². The third kappa shape index (κ3) is 2.18. The Bertz CT molecular complexity index is 479. The molecule has 3 rings (SSSR count). The van der Waals surface area contributed by atoms with Gasteiger partial charge in [0.15, 0.2) is 0 Å². The summed E-state index contributed by atoms with van der Waals surface area (Å²) in [7, 11) is 1.82. The van der Waals surface area contributed by atoms with Gasteiger partial charge >= 0.3 is 6.03 Å². The largest absolute Gasteiger partial charge is 0.379 e. The van der Waals surface area contributed by atoms with Crippen molar-refractivity contribution in [3.05, 3.63) is 30.1 Å². The van der Waals surface area contributed by atoms with E-state index in [2.05, 4.69) is 10.3 Å². The van der Waals surface area contributed by atoms with Crippen molar-refractivity contribution in [2.45, 2.75) is 24.9 Å². The first-order valence-electron chi connectivity index (χ1n) is 6.65. The number of ether oxygens (including phenoxy) is 1. The first-order valence-corrected chi connectivity index (χ1v) is 6.65. The van der Waals surface area contributed by atoms with Crippen LogP contribution < -0.4 is 5.32 Å². The SMILES string of the molecule is C[C@@H](c1ccncc1)N(C)C(=O)N[C@@]12COC[C@@H]1C2. The summed E-state index contributed by atoms with van der Waals surface area (Å²) >= 11 is 0. The number of carbonyl (C=O) groups excluding carboxylic acids is 1. The highest BCUT2D eigenvalue weighted by Crippen LogP contribution is 2.48. The topological polar surface area (TPSA) is 54.5 Å². The van der Waals surface area contributed by atoms with Gasteiger partial charge in [-0.25, -0.2) is 4.79 Å². The average molecular weight is 261 g/mol. The van der Waals surface area contributed by atoms with Crippen LogP contribution in [-0.4, -0.2) is 41.7 Å². The van der Waals surface area contributed by atoms with Gasteiger partial charge in [-0.1, -0.05) is 0 Å². The fraction of sp³-hybridized carbons (Fsp3) is 0.571. The summed E-state index contributed by atoms with van der Waals surface area (Å²) in [6.45, 7) is 3.45. The molecular formula is C14H19N3O2. The summed E-state index contributed by atoms with van der Waals surface area (Å²) in [5.41, 5.74) is 1.00. The fourth-order valence-electron chi connectivity index (χ4n) is 2.69. The maximum Gasteiger partial charge on any atom is 0.318 e. The van der Waals surface area contributed by atoms with Crippen LogP contribution in [0.5, 0.6) is 0 Å². The molecule has 2 amide bonds. The van der Waals surface area contributed by atoms with Crippen LogP contribution in [0.15, 0.2) is 24.5 Å². The molecule has 0 aromatic carbocycles. The van der Waals surface area contributed by atoms with Gasteiger partial charge in [-0.05, 0) is 31.0 Å². The van der Waals surface area contributed by atoms with E-state index in [1.165, 1.54) is 0 Å². The van der Waals surface area contributed by atoms with Gasteiger partial charge in [-0.2, -0.15) is 0 Å². The van der Waals surface area contributed by atoms with E-state index in [1.807, 2.05) is 26.1 Å². The Labute approximate surface area is 113 Å². The maximum absolute atomic E-state index is 12.3. The number of urea groups is 1. The number of amides is 2. The molecule has 2 heterocycles. The van der Waals surface area contributed by atoms with Crippen LogP contribution in [0.25, 0.3) is 0 Å². The quantitative estimate of drug-likeness (QED) is 0.898. The minimum absolute atomic E-state index is 0.0268. The molecule has 19 heavy (non-hydrogen) atoms. The minimum atomic E-state index is -0.0801. The van der Waals surface area contributed by atoms with E-state index < -0.39 is 0 Å². The summed E-state index contributed by atoms with van der Waals surface area (Å²) in [6, 6.07) is 3.87. The maximum atomic E-state index is 12.3. The summed E-state index contributed by atoms with van der Waals surface area (Å²) in [5, 5.41) is 3.13. The zero-order valence-corrected chi connectivity index (χ0v) is 11.3. The molecule has 2 aliphatic rings. The number of fused-ring (bicyclic) bond motifs is 1. The van der Waals surface area contributed by atoms with Gasteiger partial charge in [0.2, 0.25) is 0 Å². The molecule has 102 valence electrons. The molecule has 0 unspecified atom stereocenters. The number of rotatable bonds is 3. The van der Waals surface area contributed by atoms with Crippen LogP contribution in [0.1, 0.15) is 24.9 Å². The molecule has 0 radical (unpaired) electrons. The third-order valence-corrected chi connectivity index (χ3v) is 4.36. The van der Waals surface area contributed by atoms with Crippen molar-refractivity contribution in [2.75, 3.05) is 20.3 Å². The van der Waals surface area contributed by atoms with Crippen LogP contribution in [0.3, 0.4) is 0 Å². The number of pyridine rings is 1. The summed E-state index contributed by atoms with van der Waals surface area (Å²) in [6.07, 6.45) is 4.55. The van der Waals surface area contributed by atoms with Crippen LogP contribution in [-0.2, 0) is 4.74 Å². The Morgan fingerprint density at radius 1 is 1.58 bits per heavy atom. The molecule has 3 atom stereocenters. The van der Waals surface area contributed by atoms with E-state index in [0.717, 1.165) is 18.6 Å². The minimum Gasteiger partial charge on any atom is -0.379 e. The molecule has 1 aromatic rings. The molecule has 2 fully saturated rings. The van der Waals surface area contributed by atoms with Crippen molar-refractivity contribution in [3.63, 3.8) is 0 Å². The Morgan fingerprint density at radius 2 is 2.32 bits per heavy atom. The Morgan fingerprint density at radius 3 is 2.89 bits per heavy atom. The number of hydrogen-bond donors (Lipinski definition) is 1. The van der Waals surface area contributed by atoms with E-state index in [0.29, 0.717) is 12.5 Å². The number of hydrogen-bond acceptors (Lipinski definition) is 3. The summed E-state index contributed by atoms with van der Waals surface area (Å²) < 4.78 is 5.39. The van der Waals surface area contributed by atoms with E-state index >= 15 is 0 Å². The fourth-order valence-corrected chi connectivity index (χ4v) is 2.69. The van der Waals surface area contributed by atoms with Gasteiger partial charge in [0.25, 0.3) is 0 Å². The van der Waals surface area contributed by atoms with E-state index in [1.54, 1.807) is 17.3 Å². The van der Waals surface area contributed by atoms with Crippen LogP contribution in [0, 0.1) is 5.92 Å². The smallest absolute Gasteiger partial charge is 0.318 e. The lowest BCUT2D eigenvalue weighted by molar-refractivity contribution is 0.148. The predicted molar refractivity (Wildman–Crippen MR) is 70.6 cm³/mol. The standard InChI is InChI=1S/C14H19N3O2/c1-10(11-3-5-15-6-4-11)17(2)13(18)16-14-7-12(14)8-19-9-14/h3-6,10,12H,7-9H2,1-2H3,(H,16,18)/t10-,12-,14-/m0/s1. The predicted octanol–water partition coefficient (Wildman–Crippen LogP) is 1.57. The molecule has 0 bridgehead atoms. The van der Waals surface area contributed by atoms with Gasteiger partial charge in [0, 0.05) is 25.4 Å². The third-order valence-electron chi connectivity index (χ3n) is 4.36. The van der Waals surface area contributed by atoms with Gasteiger partial charge in [0.1, 0.15) is 0 Å². The highest BCUT2D eigenvalue weighted by molar-refractivity contribution is 5.76. The van der Waals surface area contributed by atoms with Gasteiger partial charge in [-0.3, -0.25) is 4.98 Å². The Kier molecular flexibility index (Phi) is 2.93. The monoisotopic (exact) mass is 261 g/mol. The second-order valence-corrected chi connectivity index (χ2v) is 5.57. The average Bonchev–Trinajstić information content (AvgIpc) is 2.98. The second kappa shape index (κ2) is 4.49. The second-order valence-electron chi connectivity index (χ2n) is 5.57. The van der Waals surface area contributed by atoms with Crippen LogP contribution in [0.2, 0.25) is 0 Å². The number of nitrogens with zero attached hydrogens (tertiary/aromatic N) is 2. The molecule has 5 heteroatoms. The Balaban J connectivity index is 1.63. The lowest BCUT2D eigenvalue weighted by Crippen LogP contribution is -2.47. The van der Waals surface area contributed by atoms with Gasteiger partial charge in [-0.15, -0.1) is 0 Å². The van der Waals surface area contributed by atoms with Crippen molar-refractivity contribution < 1.29 is 9.53 Å². The van der Waals surface area contributed by atoms with Crippen molar-refractivity contribution >= 4 is 6.03 Å². The molecule has 1 aliphatic carbocycles. The van der Waals surface area contributed by atoms with Crippen LogP contribution in [0.4, 0.5) is 4.79 Å². The van der Waals surface area contributed by atoms with Crippen molar-refractivity contribution in [1.82, 2.24) is 15.2 Å². The molecule has 1 saturated heterocycles. The van der Waals surface area contributed by atoms with E-state index in [4.69, 9.17) is 4.74 Å². The normalized spacial score (nSPS) is 29.5. The number of aromatic nitrogens is 1. The van der Waals surface area contributed by atoms with Gasteiger partial charge < -0.3 is 15.0 Å². The molecule has 1 aliphatic heterocycles. The number of carbonyl (C=O) groups is 1. The number of nitrogens with one attached hydrogen (secondary N) is 1. The molecular weight excluding hydrogens is 242 g/mol. The molecule has 0 spiro atoms. The van der Waals surface area contributed by atoms with Crippen molar-refractivity contribution in [2.24, 2.45) is 5.92 Å². The molecule has 5 nitrogen and oxygen atoms in total. The summed E-state index contributed by atoms with van der Waals surface area (Å²) in [5.74, 6) is 0.515. The van der Waals surface area contributed by atoms with Gasteiger partial charge in [0.05, 0.1) is 24.8 Å². The zero-order chi connectivity index (χ0) is 13.5. The lowest BCUT2D eigenvalue weighted by atomic mass is 10.1. The lowest BCUT2D eigenvalue weighted by Gasteiger charge is -2.27. The molecule has 1 saturated carbocycles. The summed E-state index contributed by atoms with van der Waals surface area (Å²) in [4.78, 5) is 18.0.